The summed E-state index contributed by atoms with van der Waals surface area (Å²) in [5.41, 5.74) is 9.07. The van der Waals surface area contributed by atoms with Gasteiger partial charge in [-0.3, -0.25) is 9.69 Å². The molecule has 0 aliphatic rings. The van der Waals surface area contributed by atoms with Gasteiger partial charge in [-0.2, -0.15) is 0 Å². The van der Waals surface area contributed by atoms with E-state index in [-0.39, 0.29) is 6.04 Å². The van der Waals surface area contributed by atoms with Crippen LogP contribution in [-0.4, -0.2) is 29.9 Å². The average molecular weight is 396 g/mol. The van der Waals surface area contributed by atoms with Gasteiger partial charge in [-0.05, 0) is 43.3 Å². The number of hydrogen-bond acceptors (Lipinski definition) is 5. The van der Waals surface area contributed by atoms with E-state index in [4.69, 9.17) is 15.5 Å². The lowest BCUT2D eigenvalue weighted by Crippen LogP contribution is -2.24. The van der Waals surface area contributed by atoms with E-state index in [2.05, 4.69) is 36.4 Å². The molecule has 6 heteroatoms. The van der Waals surface area contributed by atoms with Crippen molar-refractivity contribution >= 4 is 17.2 Å². The quantitative estimate of drug-likeness (QED) is 0.610. The minimum absolute atomic E-state index is 0.287. The van der Waals surface area contributed by atoms with Crippen molar-refractivity contribution in [1.29, 1.82) is 0 Å². The van der Waals surface area contributed by atoms with Gasteiger partial charge in [0.1, 0.15) is 10.8 Å². The number of primary amides is 1. The van der Waals surface area contributed by atoms with Crippen molar-refractivity contribution in [2.24, 2.45) is 5.73 Å². The van der Waals surface area contributed by atoms with Crippen LogP contribution in [0.15, 0.2) is 53.9 Å². The average Bonchev–Trinajstić information content (AvgIpc) is 3.17. The lowest BCUT2D eigenvalue weighted by molar-refractivity contribution is 0.100. The van der Waals surface area contributed by atoms with Crippen molar-refractivity contribution in [3.05, 3.63) is 70.7 Å². The third-order valence-corrected chi connectivity index (χ3v) is 5.72. The summed E-state index contributed by atoms with van der Waals surface area (Å²) in [5, 5.41) is 3.03. The zero-order valence-corrected chi connectivity index (χ0v) is 17.2. The largest absolute Gasteiger partial charge is 0.497 e. The van der Waals surface area contributed by atoms with Crippen molar-refractivity contribution in [2.45, 2.75) is 25.9 Å². The molecule has 1 atom stereocenters. The number of ether oxygens (including phenoxy) is 1. The Hall–Kier alpha value is -2.70. The van der Waals surface area contributed by atoms with E-state index < -0.39 is 5.91 Å². The summed E-state index contributed by atoms with van der Waals surface area (Å²) < 4.78 is 5.36. The zero-order chi connectivity index (χ0) is 20.1. The Morgan fingerprint density at radius 2 is 2.00 bits per heavy atom. The molecule has 146 valence electrons. The number of aromatic nitrogens is 1. The summed E-state index contributed by atoms with van der Waals surface area (Å²) in [4.78, 5) is 18.3. The highest BCUT2D eigenvalue weighted by atomic mass is 32.1. The van der Waals surface area contributed by atoms with Gasteiger partial charge in [0.15, 0.2) is 0 Å². The second-order valence-electron chi connectivity index (χ2n) is 6.70. The molecule has 3 aromatic rings. The normalized spacial score (nSPS) is 12.1. The van der Waals surface area contributed by atoms with E-state index >= 15 is 0 Å². The smallest absolute Gasteiger partial charge is 0.248 e. The highest BCUT2D eigenvalue weighted by Crippen LogP contribution is 2.29. The minimum Gasteiger partial charge on any atom is -0.497 e. The molecule has 2 aromatic carbocycles. The summed E-state index contributed by atoms with van der Waals surface area (Å²) >= 11 is 1.61. The van der Waals surface area contributed by atoms with Gasteiger partial charge in [0.05, 0.1) is 12.8 Å². The molecule has 0 aliphatic heterocycles. The standard InChI is InChI=1S/C22H25N3O2S/c1-4-20(17-6-5-7-19(12-17)27-3)25(2)13-18-14-28-22(24-18)16-10-8-15(9-11-16)21(23)26/h5-12,14,20H,4,13H2,1-3H3,(H2,23,26). The Kier molecular flexibility index (Phi) is 6.44. The van der Waals surface area contributed by atoms with Crippen LogP contribution >= 0.6 is 11.3 Å². The molecule has 0 bridgehead atoms. The summed E-state index contributed by atoms with van der Waals surface area (Å²) in [7, 11) is 3.81. The maximum absolute atomic E-state index is 11.2. The number of nitrogens with zero attached hydrogens (tertiary/aromatic N) is 2. The Morgan fingerprint density at radius 1 is 1.25 bits per heavy atom. The van der Waals surface area contributed by atoms with E-state index in [1.54, 1.807) is 30.6 Å². The molecule has 1 amide bonds. The fourth-order valence-electron chi connectivity index (χ4n) is 3.31. The molecule has 0 saturated carbocycles. The van der Waals surface area contributed by atoms with Gasteiger partial charge in [-0.1, -0.05) is 31.2 Å². The van der Waals surface area contributed by atoms with Crippen molar-refractivity contribution in [3.63, 3.8) is 0 Å². The third kappa shape index (κ3) is 4.58. The second kappa shape index (κ2) is 8.99. The number of nitrogens with two attached hydrogens (primary N) is 1. The number of carbonyl (C=O) groups excluding carboxylic acids is 1. The van der Waals surface area contributed by atoms with E-state index in [0.717, 1.165) is 35.0 Å². The number of amides is 1. The molecule has 0 fully saturated rings. The number of carbonyl (C=O) groups is 1. The van der Waals surface area contributed by atoms with Crippen LogP contribution < -0.4 is 10.5 Å². The van der Waals surface area contributed by atoms with E-state index in [1.165, 1.54) is 5.56 Å². The lowest BCUT2D eigenvalue weighted by Gasteiger charge is -2.27. The molecular weight excluding hydrogens is 370 g/mol. The fraction of sp³-hybridized carbons (Fsp3) is 0.273. The predicted molar refractivity (Wildman–Crippen MR) is 114 cm³/mol. The molecule has 1 aromatic heterocycles. The van der Waals surface area contributed by atoms with Gasteiger partial charge in [0, 0.05) is 29.1 Å². The summed E-state index contributed by atoms with van der Waals surface area (Å²) in [6, 6.07) is 15.8. The van der Waals surface area contributed by atoms with Crippen LogP contribution in [0.5, 0.6) is 5.75 Å². The summed E-state index contributed by atoms with van der Waals surface area (Å²) in [6.07, 6.45) is 0.995. The first kappa shape index (κ1) is 20.0. The highest BCUT2D eigenvalue weighted by Gasteiger charge is 2.17. The first-order valence-electron chi connectivity index (χ1n) is 9.20. The van der Waals surface area contributed by atoms with Crippen molar-refractivity contribution in [1.82, 2.24) is 9.88 Å². The van der Waals surface area contributed by atoms with Crippen molar-refractivity contribution in [2.75, 3.05) is 14.2 Å². The number of benzene rings is 2. The molecule has 2 N–H and O–H groups in total. The van der Waals surface area contributed by atoms with E-state index in [1.807, 2.05) is 24.3 Å². The SMILES string of the molecule is CCC(c1cccc(OC)c1)N(C)Cc1csc(-c2ccc(C(N)=O)cc2)n1. The molecule has 1 heterocycles. The molecule has 0 aliphatic carbocycles. The van der Waals surface area contributed by atoms with Gasteiger partial charge < -0.3 is 10.5 Å². The van der Waals surface area contributed by atoms with Gasteiger partial charge >= 0.3 is 0 Å². The topological polar surface area (TPSA) is 68.5 Å². The maximum atomic E-state index is 11.2. The molecule has 0 spiro atoms. The number of rotatable bonds is 8. The molecule has 0 saturated heterocycles. The Bertz CT molecular complexity index is 937. The molecule has 0 radical (unpaired) electrons. The van der Waals surface area contributed by atoms with Crippen LogP contribution in [0.25, 0.3) is 10.6 Å². The van der Waals surface area contributed by atoms with Gasteiger partial charge in [0.25, 0.3) is 0 Å². The lowest BCUT2D eigenvalue weighted by atomic mass is 10.0. The number of methoxy groups -OCH3 is 1. The molecular formula is C22H25N3O2S. The molecule has 3 rings (SSSR count). The van der Waals surface area contributed by atoms with Crippen LogP contribution in [0.3, 0.4) is 0 Å². The van der Waals surface area contributed by atoms with E-state index in [0.29, 0.717) is 5.56 Å². The van der Waals surface area contributed by atoms with Gasteiger partial charge in [-0.25, -0.2) is 4.98 Å². The summed E-state index contributed by atoms with van der Waals surface area (Å²) in [5.74, 6) is 0.454. The predicted octanol–water partition coefficient (Wildman–Crippen LogP) is 4.50. The first-order valence-corrected chi connectivity index (χ1v) is 10.1. The fourth-order valence-corrected chi connectivity index (χ4v) is 4.12. The van der Waals surface area contributed by atoms with Crippen LogP contribution in [0.1, 0.15) is 41.0 Å². The Morgan fingerprint density at radius 3 is 2.64 bits per heavy atom. The van der Waals surface area contributed by atoms with Gasteiger partial charge in [0.2, 0.25) is 5.91 Å². The Labute approximate surface area is 169 Å². The second-order valence-corrected chi connectivity index (χ2v) is 7.56. The van der Waals surface area contributed by atoms with Crippen molar-refractivity contribution in [3.8, 4) is 16.3 Å². The van der Waals surface area contributed by atoms with Gasteiger partial charge in [-0.15, -0.1) is 11.3 Å². The van der Waals surface area contributed by atoms with Crippen LogP contribution in [0, 0.1) is 0 Å². The molecule has 1 unspecified atom stereocenters. The van der Waals surface area contributed by atoms with Crippen LogP contribution in [-0.2, 0) is 6.54 Å². The maximum Gasteiger partial charge on any atom is 0.248 e. The van der Waals surface area contributed by atoms with Crippen molar-refractivity contribution < 1.29 is 9.53 Å². The highest BCUT2D eigenvalue weighted by molar-refractivity contribution is 7.13. The zero-order valence-electron chi connectivity index (χ0n) is 16.4. The monoisotopic (exact) mass is 395 g/mol. The first-order chi connectivity index (χ1) is 13.5. The van der Waals surface area contributed by atoms with Crippen LogP contribution in [0.2, 0.25) is 0 Å². The Balaban J connectivity index is 1.73. The third-order valence-electron chi connectivity index (χ3n) is 4.78. The van der Waals surface area contributed by atoms with Crippen LogP contribution in [0.4, 0.5) is 0 Å². The number of thiazole rings is 1. The number of hydrogen-bond donors (Lipinski definition) is 1. The summed E-state index contributed by atoms with van der Waals surface area (Å²) in [6.45, 7) is 2.94. The molecule has 5 nitrogen and oxygen atoms in total. The minimum atomic E-state index is -0.420. The molecule has 28 heavy (non-hydrogen) atoms. The van der Waals surface area contributed by atoms with E-state index in [9.17, 15) is 4.79 Å².